The van der Waals surface area contributed by atoms with Gasteiger partial charge < -0.3 is 5.32 Å². The van der Waals surface area contributed by atoms with Crippen LogP contribution < -0.4 is 5.32 Å². The average Bonchev–Trinajstić information content (AvgIpc) is 2.63. The summed E-state index contributed by atoms with van der Waals surface area (Å²) in [6, 6.07) is 5.66. The lowest BCUT2D eigenvalue weighted by Gasteiger charge is -2.36. The van der Waals surface area contributed by atoms with Gasteiger partial charge in [0.25, 0.3) is 0 Å². The Bertz CT molecular complexity index is 741. The van der Waals surface area contributed by atoms with Crippen LogP contribution in [0.2, 0.25) is 0 Å². The van der Waals surface area contributed by atoms with E-state index in [0.717, 1.165) is 29.7 Å². The summed E-state index contributed by atoms with van der Waals surface area (Å²) in [5.74, 6) is 0.171. The molecule has 2 rings (SSSR count). The highest BCUT2D eigenvalue weighted by atomic mass is 32.2. The second-order valence-corrected chi connectivity index (χ2v) is 9.53. The predicted octanol–water partition coefficient (Wildman–Crippen LogP) is 2.77. The largest absolute Gasteiger partial charge is 0.324 e. The molecule has 0 spiro atoms. The van der Waals surface area contributed by atoms with Crippen LogP contribution in [0.25, 0.3) is 0 Å². The van der Waals surface area contributed by atoms with Crippen LogP contribution in [0.15, 0.2) is 18.2 Å². The molecular weight excluding hydrogens is 362 g/mol. The van der Waals surface area contributed by atoms with Crippen molar-refractivity contribution in [3.05, 3.63) is 29.3 Å². The standard InChI is InChI=1S/C20H33N3O3S/c1-5-6-7-14-27(25,26)23-12-10-22(11-13-23)18(4)20(24)21-19-9-8-16(2)15-17(19)3/h8-9,15,18H,5-7,10-14H2,1-4H3,(H,21,24). The molecule has 0 aromatic heterocycles. The molecule has 1 aliphatic heterocycles. The molecule has 1 unspecified atom stereocenters. The predicted molar refractivity (Wildman–Crippen MR) is 110 cm³/mol. The molecule has 1 aromatic carbocycles. The molecule has 0 aliphatic carbocycles. The molecule has 0 radical (unpaired) electrons. The van der Waals surface area contributed by atoms with E-state index in [2.05, 4.69) is 17.1 Å². The fourth-order valence-corrected chi connectivity index (χ4v) is 4.94. The van der Waals surface area contributed by atoms with Crippen LogP contribution in [0.1, 0.15) is 44.2 Å². The minimum atomic E-state index is -3.18. The Hall–Kier alpha value is -1.44. The van der Waals surface area contributed by atoms with E-state index in [1.54, 1.807) is 4.31 Å². The SMILES string of the molecule is CCCCCS(=O)(=O)N1CCN(C(C)C(=O)Nc2ccc(C)cc2C)CC1. The van der Waals surface area contributed by atoms with E-state index in [9.17, 15) is 13.2 Å². The highest BCUT2D eigenvalue weighted by molar-refractivity contribution is 7.89. The molecule has 152 valence electrons. The van der Waals surface area contributed by atoms with E-state index in [4.69, 9.17) is 0 Å². The number of carbonyl (C=O) groups is 1. The van der Waals surface area contributed by atoms with Crippen molar-refractivity contribution < 1.29 is 13.2 Å². The third-order valence-corrected chi connectivity index (χ3v) is 7.20. The third kappa shape index (κ3) is 6.02. The van der Waals surface area contributed by atoms with Crippen molar-refractivity contribution in [2.75, 3.05) is 37.2 Å². The number of anilines is 1. The zero-order valence-corrected chi connectivity index (χ0v) is 17.8. The molecule has 1 N–H and O–H groups in total. The van der Waals surface area contributed by atoms with E-state index in [1.807, 2.05) is 39.0 Å². The van der Waals surface area contributed by atoms with Crippen LogP contribution >= 0.6 is 0 Å². The van der Waals surface area contributed by atoms with Gasteiger partial charge >= 0.3 is 0 Å². The summed E-state index contributed by atoms with van der Waals surface area (Å²) < 4.78 is 26.4. The molecule has 1 amide bonds. The van der Waals surface area contributed by atoms with Crippen molar-refractivity contribution in [2.45, 2.75) is 53.0 Å². The van der Waals surface area contributed by atoms with E-state index >= 15 is 0 Å². The molecule has 1 aromatic rings. The molecule has 1 aliphatic rings. The van der Waals surface area contributed by atoms with E-state index in [1.165, 1.54) is 0 Å². The fraction of sp³-hybridized carbons (Fsp3) is 0.650. The van der Waals surface area contributed by atoms with Crippen LogP contribution in [-0.4, -0.2) is 61.5 Å². The molecule has 0 bridgehead atoms. The number of sulfonamides is 1. The first-order valence-corrected chi connectivity index (χ1v) is 11.5. The first-order valence-electron chi connectivity index (χ1n) is 9.84. The van der Waals surface area contributed by atoms with Gasteiger partial charge in [0, 0.05) is 31.9 Å². The quantitative estimate of drug-likeness (QED) is 0.687. The highest BCUT2D eigenvalue weighted by Gasteiger charge is 2.30. The molecule has 0 saturated carbocycles. The summed E-state index contributed by atoms with van der Waals surface area (Å²) >= 11 is 0. The topological polar surface area (TPSA) is 69.7 Å². The maximum absolute atomic E-state index is 12.6. The summed E-state index contributed by atoms with van der Waals surface area (Å²) in [5, 5.41) is 3.00. The number of benzene rings is 1. The molecule has 1 fully saturated rings. The fourth-order valence-electron chi connectivity index (χ4n) is 3.39. The average molecular weight is 396 g/mol. The Morgan fingerprint density at radius 2 is 1.81 bits per heavy atom. The second kappa shape index (κ2) is 9.66. The number of nitrogens with one attached hydrogen (secondary N) is 1. The molecule has 6 nitrogen and oxygen atoms in total. The summed E-state index contributed by atoms with van der Waals surface area (Å²) in [4.78, 5) is 14.7. The molecule has 1 atom stereocenters. The number of unbranched alkanes of at least 4 members (excludes halogenated alkanes) is 2. The highest BCUT2D eigenvalue weighted by Crippen LogP contribution is 2.18. The van der Waals surface area contributed by atoms with Gasteiger partial charge in [-0.25, -0.2) is 8.42 Å². The van der Waals surface area contributed by atoms with Crippen LogP contribution in [0.3, 0.4) is 0 Å². The van der Waals surface area contributed by atoms with Gasteiger partial charge in [-0.15, -0.1) is 0 Å². The van der Waals surface area contributed by atoms with E-state index in [0.29, 0.717) is 32.6 Å². The summed E-state index contributed by atoms with van der Waals surface area (Å²) in [7, 11) is -3.18. The van der Waals surface area contributed by atoms with Gasteiger partial charge in [0.1, 0.15) is 0 Å². The summed E-state index contributed by atoms with van der Waals surface area (Å²) in [6.45, 7) is 10.0. The van der Waals surface area contributed by atoms with Crippen molar-refractivity contribution in [1.29, 1.82) is 0 Å². The van der Waals surface area contributed by atoms with Gasteiger partial charge in [-0.1, -0.05) is 37.5 Å². The van der Waals surface area contributed by atoms with Crippen molar-refractivity contribution in [1.82, 2.24) is 9.21 Å². The lowest BCUT2D eigenvalue weighted by molar-refractivity contribution is -0.121. The van der Waals surface area contributed by atoms with Crippen LogP contribution in [0.5, 0.6) is 0 Å². The lowest BCUT2D eigenvalue weighted by atomic mass is 10.1. The van der Waals surface area contributed by atoms with Crippen molar-refractivity contribution in [3.8, 4) is 0 Å². The Morgan fingerprint density at radius 1 is 1.15 bits per heavy atom. The number of amides is 1. The smallest absolute Gasteiger partial charge is 0.241 e. The maximum Gasteiger partial charge on any atom is 0.241 e. The number of carbonyl (C=O) groups excluding carboxylic acids is 1. The summed E-state index contributed by atoms with van der Waals surface area (Å²) in [6.07, 6.45) is 2.67. The Morgan fingerprint density at radius 3 is 2.41 bits per heavy atom. The van der Waals surface area contributed by atoms with Gasteiger partial charge in [0.15, 0.2) is 0 Å². The van der Waals surface area contributed by atoms with Gasteiger partial charge in [0.2, 0.25) is 15.9 Å². The molecular formula is C20H33N3O3S. The number of rotatable bonds is 8. The minimum absolute atomic E-state index is 0.0544. The monoisotopic (exact) mass is 395 g/mol. The Balaban J connectivity index is 1.88. The van der Waals surface area contributed by atoms with Crippen LogP contribution in [-0.2, 0) is 14.8 Å². The third-order valence-electron chi connectivity index (χ3n) is 5.24. The number of hydrogen-bond acceptors (Lipinski definition) is 4. The number of piperazine rings is 1. The van der Waals surface area contributed by atoms with Gasteiger partial charge in [0.05, 0.1) is 11.8 Å². The molecule has 7 heteroatoms. The Kier molecular flexibility index (Phi) is 7.82. The first kappa shape index (κ1) is 21.9. The zero-order chi connectivity index (χ0) is 20.0. The van der Waals surface area contributed by atoms with E-state index in [-0.39, 0.29) is 17.7 Å². The molecule has 1 heterocycles. The van der Waals surface area contributed by atoms with Gasteiger partial charge in [-0.05, 0) is 38.8 Å². The first-order chi connectivity index (χ1) is 12.7. The number of nitrogens with zero attached hydrogens (tertiary/aromatic N) is 2. The second-order valence-electron chi connectivity index (χ2n) is 7.44. The Labute approximate surface area is 164 Å². The van der Waals surface area contributed by atoms with Gasteiger partial charge in [-0.3, -0.25) is 9.69 Å². The van der Waals surface area contributed by atoms with Crippen LogP contribution in [0, 0.1) is 13.8 Å². The van der Waals surface area contributed by atoms with Crippen LogP contribution in [0.4, 0.5) is 5.69 Å². The maximum atomic E-state index is 12.6. The van der Waals surface area contributed by atoms with Gasteiger partial charge in [-0.2, -0.15) is 4.31 Å². The zero-order valence-electron chi connectivity index (χ0n) is 17.0. The number of hydrogen-bond donors (Lipinski definition) is 1. The lowest BCUT2D eigenvalue weighted by Crippen LogP contribution is -2.54. The summed E-state index contributed by atoms with van der Waals surface area (Å²) in [5.41, 5.74) is 3.03. The minimum Gasteiger partial charge on any atom is -0.324 e. The molecule has 1 saturated heterocycles. The van der Waals surface area contributed by atoms with Crippen molar-refractivity contribution >= 4 is 21.6 Å². The van der Waals surface area contributed by atoms with Crippen molar-refractivity contribution in [3.63, 3.8) is 0 Å². The molecule has 27 heavy (non-hydrogen) atoms. The normalized spacial score (nSPS) is 17.6. The van der Waals surface area contributed by atoms with E-state index < -0.39 is 10.0 Å². The number of aryl methyl sites for hydroxylation is 2. The van der Waals surface area contributed by atoms with Crippen molar-refractivity contribution in [2.24, 2.45) is 0 Å².